The maximum atomic E-state index is 4.54. The first-order valence-electron chi connectivity index (χ1n) is 7.08. The Hall–Kier alpha value is -0.633. The molecule has 0 fully saturated rings. The molecule has 2 heteroatoms. The second-order valence-corrected chi connectivity index (χ2v) is 10.4. The average Bonchev–Trinajstić information content (AvgIpc) is 2.35. The smallest absolute Gasteiger partial charge is 0.104 e. The van der Waals surface area contributed by atoms with E-state index in [2.05, 4.69) is 37.1 Å². The molecule has 1 heterocycles. The van der Waals surface area contributed by atoms with Crippen LogP contribution >= 0.6 is 0 Å². The van der Waals surface area contributed by atoms with E-state index in [0.717, 1.165) is 0 Å². The highest BCUT2D eigenvalue weighted by Gasteiger charge is 2.23. The molecule has 0 aliphatic heterocycles. The highest BCUT2D eigenvalue weighted by molar-refractivity contribution is 6.89. The van der Waals surface area contributed by atoms with Crippen molar-refractivity contribution in [2.45, 2.75) is 64.6 Å². The summed E-state index contributed by atoms with van der Waals surface area (Å²) in [5.74, 6) is 0. The van der Waals surface area contributed by atoms with Crippen molar-refractivity contribution in [2.75, 3.05) is 0 Å². The molecule has 1 rings (SSSR count). The first-order chi connectivity index (χ1) is 8.17. The third-order valence-corrected chi connectivity index (χ3v) is 6.80. The largest absolute Gasteiger partial charge is 0.266 e. The van der Waals surface area contributed by atoms with E-state index in [1.807, 2.05) is 12.3 Å². The normalized spacial score (nSPS) is 11.7. The van der Waals surface area contributed by atoms with Gasteiger partial charge >= 0.3 is 0 Å². The molecule has 0 spiro atoms. The third kappa shape index (κ3) is 5.49. The van der Waals surface area contributed by atoms with Gasteiger partial charge in [-0.2, -0.15) is 0 Å². The lowest BCUT2D eigenvalue weighted by Crippen LogP contribution is -2.42. The molecule has 0 N–H and O–H groups in total. The lowest BCUT2D eigenvalue weighted by atomic mass is 10.1. The van der Waals surface area contributed by atoms with E-state index in [0.29, 0.717) is 0 Å². The fraction of sp³-hybridized carbons (Fsp3) is 0.667. The summed E-state index contributed by atoms with van der Waals surface area (Å²) in [6, 6.07) is 7.73. The molecule has 1 aromatic rings. The SMILES string of the molecule is CCCCCCCC[Si](C)(C)c1ccccn1. The Labute approximate surface area is 108 Å². The van der Waals surface area contributed by atoms with Crippen molar-refractivity contribution in [1.82, 2.24) is 4.98 Å². The number of pyridine rings is 1. The second kappa shape index (κ2) is 7.65. The molecule has 1 aromatic heterocycles. The van der Waals surface area contributed by atoms with Gasteiger partial charge in [-0.25, -0.2) is 0 Å². The highest BCUT2D eigenvalue weighted by atomic mass is 28.3. The van der Waals surface area contributed by atoms with Crippen LogP contribution in [-0.4, -0.2) is 13.1 Å². The fourth-order valence-electron chi connectivity index (χ4n) is 2.24. The van der Waals surface area contributed by atoms with Crippen LogP contribution in [0.3, 0.4) is 0 Å². The number of hydrogen-bond acceptors (Lipinski definition) is 1. The molecule has 96 valence electrons. The van der Waals surface area contributed by atoms with Crippen LogP contribution in [0.1, 0.15) is 45.4 Å². The predicted octanol–water partition coefficient (Wildman–Crippen LogP) is 4.36. The maximum absolute atomic E-state index is 4.54. The number of unbranched alkanes of at least 4 members (excludes halogenated alkanes) is 5. The highest BCUT2D eigenvalue weighted by Crippen LogP contribution is 2.15. The molecular weight excluding hydrogens is 222 g/mol. The summed E-state index contributed by atoms with van der Waals surface area (Å²) >= 11 is 0. The van der Waals surface area contributed by atoms with E-state index in [1.54, 1.807) is 0 Å². The van der Waals surface area contributed by atoms with E-state index >= 15 is 0 Å². The summed E-state index contributed by atoms with van der Waals surface area (Å²) in [5.41, 5.74) is 0. The molecule has 17 heavy (non-hydrogen) atoms. The van der Waals surface area contributed by atoms with Crippen molar-refractivity contribution in [3.63, 3.8) is 0 Å². The van der Waals surface area contributed by atoms with Gasteiger partial charge in [0.25, 0.3) is 0 Å². The van der Waals surface area contributed by atoms with Gasteiger partial charge in [-0.05, 0) is 12.1 Å². The molecule has 1 nitrogen and oxygen atoms in total. The van der Waals surface area contributed by atoms with E-state index < -0.39 is 8.07 Å². The Balaban J connectivity index is 2.26. The fourth-order valence-corrected chi connectivity index (χ4v) is 4.60. The Morgan fingerprint density at radius 1 is 1.00 bits per heavy atom. The van der Waals surface area contributed by atoms with Crippen LogP contribution in [0.5, 0.6) is 0 Å². The molecule has 0 aliphatic carbocycles. The van der Waals surface area contributed by atoms with Crippen LogP contribution < -0.4 is 5.32 Å². The zero-order valence-corrected chi connectivity index (χ0v) is 12.7. The summed E-state index contributed by atoms with van der Waals surface area (Å²) in [6.45, 7) is 7.17. The molecule has 0 aromatic carbocycles. The molecule has 0 saturated carbocycles. The molecule has 0 radical (unpaired) electrons. The zero-order chi connectivity index (χ0) is 12.6. The van der Waals surface area contributed by atoms with E-state index in [1.165, 1.54) is 49.9 Å². The second-order valence-electron chi connectivity index (χ2n) is 5.62. The van der Waals surface area contributed by atoms with E-state index in [-0.39, 0.29) is 0 Å². The third-order valence-electron chi connectivity index (χ3n) is 3.51. The zero-order valence-electron chi connectivity index (χ0n) is 11.7. The summed E-state index contributed by atoms with van der Waals surface area (Å²) in [5, 5.41) is 1.37. The van der Waals surface area contributed by atoms with Crippen LogP contribution in [0.25, 0.3) is 0 Å². The van der Waals surface area contributed by atoms with Crippen LogP contribution in [0.15, 0.2) is 24.4 Å². The molecule has 0 aliphatic rings. The monoisotopic (exact) mass is 249 g/mol. The number of nitrogens with zero attached hydrogens (tertiary/aromatic N) is 1. The van der Waals surface area contributed by atoms with Gasteiger partial charge in [0.2, 0.25) is 0 Å². The minimum absolute atomic E-state index is 1.26. The van der Waals surface area contributed by atoms with E-state index in [4.69, 9.17) is 0 Å². The standard InChI is InChI=1S/C15H27NSi/c1-4-5-6-7-8-11-14-17(2,3)15-12-9-10-13-16-15/h9-10,12-13H,4-8,11,14H2,1-3H3. The number of hydrogen-bond donors (Lipinski definition) is 0. The molecule has 0 unspecified atom stereocenters. The Kier molecular flexibility index (Phi) is 6.49. The average molecular weight is 249 g/mol. The van der Waals surface area contributed by atoms with Crippen molar-refractivity contribution in [1.29, 1.82) is 0 Å². The van der Waals surface area contributed by atoms with Crippen molar-refractivity contribution >= 4 is 13.4 Å². The first kappa shape index (κ1) is 14.4. The topological polar surface area (TPSA) is 12.9 Å². The van der Waals surface area contributed by atoms with Gasteiger partial charge in [0.1, 0.15) is 8.07 Å². The van der Waals surface area contributed by atoms with Gasteiger partial charge in [0.15, 0.2) is 0 Å². The van der Waals surface area contributed by atoms with E-state index in [9.17, 15) is 0 Å². The van der Waals surface area contributed by atoms with Gasteiger partial charge in [0, 0.05) is 11.5 Å². The minimum atomic E-state index is -1.26. The Bertz CT molecular complexity index is 295. The quantitative estimate of drug-likeness (QED) is 0.493. The molecule has 0 atom stereocenters. The minimum Gasteiger partial charge on any atom is -0.266 e. The van der Waals surface area contributed by atoms with Crippen molar-refractivity contribution in [2.24, 2.45) is 0 Å². The van der Waals surface area contributed by atoms with Crippen molar-refractivity contribution in [3.8, 4) is 0 Å². The molecule has 0 bridgehead atoms. The predicted molar refractivity (Wildman–Crippen MR) is 79.5 cm³/mol. The van der Waals surface area contributed by atoms with Gasteiger partial charge in [-0.3, -0.25) is 4.98 Å². The summed E-state index contributed by atoms with van der Waals surface area (Å²) in [4.78, 5) is 4.54. The Morgan fingerprint density at radius 2 is 1.71 bits per heavy atom. The summed E-state index contributed by atoms with van der Waals surface area (Å²) in [7, 11) is -1.26. The van der Waals surface area contributed by atoms with Crippen molar-refractivity contribution in [3.05, 3.63) is 24.4 Å². The number of aromatic nitrogens is 1. The summed E-state index contributed by atoms with van der Waals surface area (Å²) < 4.78 is 0. The van der Waals surface area contributed by atoms with Gasteiger partial charge in [-0.15, -0.1) is 0 Å². The lowest BCUT2D eigenvalue weighted by molar-refractivity contribution is 0.622. The van der Waals surface area contributed by atoms with Crippen LogP contribution in [0.4, 0.5) is 0 Å². The lowest BCUT2D eigenvalue weighted by Gasteiger charge is -2.21. The van der Waals surface area contributed by atoms with Gasteiger partial charge in [-0.1, -0.05) is 70.7 Å². The van der Waals surface area contributed by atoms with Crippen LogP contribution in [0.2, 0.25) is 19.1 Å². The summed E-state index contributed by atoms with van der Waals surface area (Å²) in [6.07, 6.45) is 10.3. The Morgan fingerprint density at radius 3 is 2.35 bits per heavy atom. The van der Waals surface area contributed by atoms with Crippen LogP contribution in [0, 0.1) is 0 Å². The van der Waals surface area contributed by atoms with Crippen LogP contribution in [-0.2, 0) is 0 Å². The molecular formula is C15H27NSi. The number of rotatable bonds is 8. The maximum Gasteiger partial charge on any atom is 0.104 e. The molecule has 0 amide bonds. The van der Waals surface area contributed by atoms with Gasteiger partial charge < -0.3 is 0 Å². The first-order valence-corrected chi connectivity index (χ1v) is 10.3. The van der Waals surface area contributed by atoms with Crippen molar-refractivity contribution < 1.29 is 0 Å². The van der Waals surface area contributed by atoms with Gasteiger partial charge in [0.05, 0.1) is 0 Å². The molecule has 0 saturated heterocycles.